The minimum atomic E-state index is -3.15. The van der Waals surface area contributed by atoms with E-state index in [1.165, 1.54) is 24.3 Å². The van der Waals surface area contributed by atoms with Crippen LogP contribution in [0.5, 0.6) is 5.75 Å². The third-order valence-electron chi connectivity index (χ3n) is 3.68. The van der Waals surface area contributed by atoms with Crippen molar-refractivity contribution in [1.82, 2.24) is 4.67 Å². The molecule has 0 aromatic heterocycles. The minimum Gasteiger partial charge on any atom is -0.432 e. The highest BCUT2D eigenvalue weighted by atomic mass is 31.2. The quantitative estimate of drug-likeness (QED) is 0.392. The molecule has 0 bridgehead atoms. The Morgan fingerprint density at radius 3 is 2.12 bits per heavy atom. The second kappa shape index (κ2) is 8.08. The van der Waals surface area contributed by atoms with Crippen molar-refractivity contribution in [3.63, 3.8) is 0 Å². The van der Waals surface area contributed by atoms with Crippen LogP contribution in [0.25, 0.3) is 0 Å². The van der Waals surface area contributed by atoms with Gasteiger partial charge in [-0.3, -0.25) is 14.7 Å². The molecule has 128 valence electrons. The number of nitro groups is 1. The molecule has 0 aliphatic heterocycles. The first-order valence-electron chi connectivity index (χ1n) is 7.81. The molecule has 0 saturated heterocycles. The molecule has 0 radical (unpaired) electrons. The van der Waals surface area contributed by atoms with Gasteiger partial charge in [-0.15, -0.1) is 0 Å². The third-order valence-corrected chi connectivity index (χ3v) is 6.37. The van der Waals surface area contributed by atoms with E-state index in [1.807, 2.05) is 44.2 Å². The van der Waals surface area contributed by atoms with Crippen LogP contribution < -0.4 is 4.52 Å². The van der Waals surface area contributed by atoms with Gasteiger partial charge >= 0.3 is 7.52 Å². The summed E-state index contributed by atoms with van der Waals surface area (Å²) in [5.41, 5.74) is 0.901. The highest BCUT2D eigenvalue weighted by molar-refractivity contribution is 7.56. The van der Waals surface area contributed by atoms with Crippen LogP contribution in [0.15, 0.2) is 54.6 Å². The molecule has 0 N–H and O–H groups in total. The van der Waals surface area contributed by atoms with E-state index in [1.54, 1.807) is 4.67 Å². The van der Waals surface area contributed by atoms with Crippen molar-refractivity contribution < 1.29 is 14.0 Å². The van der Waals surface area contributed by atoms with Crippen LogP contribution in [0.2, 0.25) is 0 Å². The van der Waals surface area contributed by atoms with Crippen molar-refractivity contribution in [2.45, 2.75) is 20.0 Å². The molecule has 0 heterocycles. The molecule has 24 heavy (non-hydrogen) atoms. The van der Waals surface area contributed by atoms with Crippen molar-refractivity contribution >= 4 is 13.2 Å². The Balaban J connectivity index is 2.28. The minimum absolute atomic E-state index is 0.0249. The molecule has 7 heteroatoms. The van der Waals surface area contributed by atoms with Gasteiger partial charge in [0, 0.05) is 25.2 Å². The molecule has 1 atom stereocenters. The van der Waals surface area contributed by atoms with Crippen LogP contribution >= 0.6 is 7.52 Å². The summed E-state index contributed by atoms with van der Waals surface area (Å²) in [6.07, 6.45) is 0.284. The van der Waals surface area contributed by atoms with Gasteiger partial charge in [0.2, 0.25) is 0 Å². The summed E-state index contributed by atoms with van der Waals surface area (Å²) in [6, 6.07) is 15.2. The molecule has 0 aliphatic rings. The predicted molar refractivity (Wildman–Crippen MR) is 94.4 cm³/mol. The van der Waals surface area contributed by atoms with E-state index < -0.39 is 12.4 Å². The zero-order valence-corrected chi connectivity index (χ0v) is 14.7. The van der Waals surface area contributed by atoms with Gasteiger partial charge in [0.15, 0.2) is 0 Å². The Hall–Kier alpha value is -2.17. The Labute approximate surface area is 141 Å². The molecule has 0 aliphatic carbocycles. The van der Waals surface area contributed by atoms with Crippen LogP contribution in [0, 0.1) is 10.1 Å². The van der Waals surface area contributed by atoms with E-state index in [9.17, 15) is 14.7 Å². The number of hydrogen-bond donors (Lipinski definition) is 0. The lowest BCUT2D eigenvalue weighted by atomic mass is 10.2. The normalized spacial score (nSPS) is 13.5. The van der Waals surface area contributed by atoms with Gasteiger partial charge in [-0.05, 0) is 17.7 Å². The number of rotatable bonds is 8. The molecule has 0 saturated carbocycles. The maximum Gasteiger partial charge on any atom is 0.323 e. The monoisotopic (exact) mass is 348 g/mol. The molecule has 0 spiro atoms. The van der Waals surface area contributed by atoms with Gasteiger partial charge in [-0.1, -0.05) is 44.2 Å². The smallest absolute Gasteiger partial charge is 0.323 e. The van der Waals surface area contributed by atoms with E-state index in [0.29, 0.717) is 18.8 Å². The number of benzene rings is 2. The maximum atomic E-state index is 13.5. The number of hydrogen-bond acceptors (Lipinski definition) is 4. The molecule has 2 aromatic carbocycles. The molecule has 2 rings (SSSR count). The van der Waals surface area contributed by atoms with E-state index in [4.69, 9.17) is 4.52 Å². The SMILES string of the molecule is CCN(CC)P(=O)(Cc1ccccc1)Oc1ccc([N+](=O)[O-])cc1. The lowest BCUT2D eigenvalue weighted by Crippen LogP contribution is -2.23. The topological polar surface area (TPSA) is 72.7 Å². The van der Waals surface area contributed by atoms with Crippen molar-refractivity contribution in [3.05, 3.63) is 70.3 Å². The summed E-state index contributed by atoms with van der Waals surface area (Å²) < 4.78 is 21.2. The average molecular weight is 348 g/mol. The average Bonchev–Trinajstić information content (AvgIpc) is 2.57. The standard InChI is InChI=1S/C17H21N2O4P/c1-3-18(4-2)24(22,14-15-8-6-5-7-9-15)23-17-12-10-16(11-13-17)19(20)21/h5-13H,3-4,14H2,1-2H3. The first kappa shape index (κ1) is 18.2. The van der Waals surface area contributed by atoms with Crippen LogP contribution in [-0.2, 0) is 10.7 Å². The van der Waals surface area contributed by atoms with Crippen LogP contribution in [0.4, 0.5) is 5.69 Å². The van der Waals surface area contributed by atoms with Gasteiger partial charge in [0.05, 0.1) is 11.1 Å². The first-order valence-corrected chi connectivity index (χ1v) is 9.57. The summed E-state index contributed by atoms with van der Waals surface area (Å²) in [5.74, 6) is 0.367. The summed E-state index contributed by atoms with van der Waals surface area (Å²) >= 11 is 0. The maximum absolute atomic E-state index is 13.5. The van der Waals surface area contributed by atoms with Crippen molar-refractivity contribution in [2.75, 3.05) is 13.1 Å². The fourth-order valence-corrected chi connectivity index (χ4v) is 4.82. The van der Waals surface area contributed by atoms with E-state index in [0.717, 1.165) is 5.56 Å². The Morgan fingerprint density at radius 2 is 1.62 bits per heavy atom. The molecule has 6 nitrogen and oxygen atoms in total. The van der Waals surface area contributed by atoms with Gasteiger partial charge in [-0.2, -0.15) is 0 Å². The molecule has 0 fully saturated rings. The van der Waals surface area contributed by atoms with E-state index in [2.05, 4.69) is 0 Å². The highest BCUT2D eigenvalue weighted by Gasteiger charge is 2.31. The molecular weight excluding hydrogens is 327 g/mol. The summed E-state index contributed by atoms with van der Waals surface area (Å²) in [5, 5.41) is 10.7. The number of nitrogens with zero attached hydrogens (tertiary/aromatic N) is 2. The second-order valence-electron chi connectivity index (χ2n) is 5.26. The van der Waals surface area contributed by atoms with E-state index >= 15 is 0 Å². The fourth-order valence-electron chi connectivity index (χ4n) is 2.45. The van der Waals surface area contributed by atoms with Gasteiger partial charge < -0.3 is 4.52 Å². The van der Waals surface area contributed by atoms with Gasteiger partial charge in [0.1, 0.15) is 5.75 Å². The van der Waals surface area contributed by atoms with E-state index in [-0.39, 0.29) is 11.8 Å². The molecule has 0 amide bonds. The summed E-state index contributed by atoms with van der Waals surface area (Å²) in [6.45, 7) is 5.04. The summed E-state index contributed by atoms with van der Waals surface area (Å²) in [4.78, 5) is 10.3. The largest absolute Gasteiger partial charge is 0.432 e. The first-order chi connectivity index (χ1) is 11.5. The Kier molecular flexibility index (Phi) is 6.12. The second-order valence-corrected chi connectivity index (χ2v) is 7.60. The molecule has 2 aromatic rings. The van der Waals surface area contributed by atoms with Crippen molar-refractivity contribution in [2.24, 2.45) is 0 Å². The number of nitro benzene ring substituents is 1. The zero-order valence-electron chi connectivity index (χ0n) is 13.8. The van der Waals surface area contributed by atoms with Crippen molar-refractivity contribution in [3.8, 4) is 5.75 Å². The third kappa shape index (κ3) is 4.43. The fraction of sp³-hybridized carbons (Fsp3) is 0.294. The Bertz CT molecular complexity index is 715. The summed E-state index contributed by atoms with van der Waals surface area (Å²) in [7, 11) is -3.15. The van der Waals surface area contributed by atoms with Crippen LogP contribution in [-0.4, -0.2) is 22.7 Å². The lowest BCUT2D eigenvalue weighted by molar-refractivity contribution is -0.384. The lowest BCUT2D eigenvalue weighted by Gasteiger charge is -2.29. The highest BCUT2D eigenvalue weighted by Crippen LogP contribution is 2.53. The molecular formula is C17H21N2O4P. The number of non-ortho nitro benzene ring substituents is 1. The molecule has 1 unspecified atom stereocenters. The zero-order chi connectivity index (χ0) is 17.6. The van der Waals surface area contributed by atoms with Gasteiger partial charge in [0.25, 0.3) is 5.69 Å². The predicted octanol–water partition coefficient (Wildman–Crippen LogP) is 4.71. The van der Waals surface area contributed by atoms with Crippen molar-refractivity contribution in [1.29, 1.82) is 0 Å². The van der Waals surface area contributed by atoms with Gasteiger partial charge in [-0.25, -0.2) is 4.67 Å². The Morgan fingerprint density at radius 1 is 1.04 bits per heavy atom. The van der Waals surface area contributed by atoms with Crippen LogP contribution in [0.1, 0.15) is 19.4 Å². The van der Waals surface area contributed by atoms with Crippen LogP contribution in [0.3, 0.4) is 0 Å².